The van der Waals surface area contributed by atoms with Crippen LogP contribution in [0.3, 0.4) is 0 Å². The molecule has 0 aromatic carbocycles. The van der Waals surface area contributed by atoms with E-state index in [1.807, 2.05) is 18.2 Å². The highest BCUT2D eigenvalue weighted by molar-refractivity contribution is 5.92. The number of hydrogen-bond donors (Lipinski definition) is 1. The minimum absolute atomic E-state index is 0.159. The van der Waals surface area contributed by atoms with Crippen LogP contribution in [0.25, 0.3) is 5.82 Å². The van der Waals surface area contributed by atoms with Crippen LogP contribution in [0, 0.1) is 11.8 Å². The molecule has 1 amide bonds. The number of hydrogen-bond acceptors (Lipinski definition) is 4. The molecular weight excluding hydrogens is 292 g/mol. The van der Waals surface area contributed by atoms with Crippen molar-refractivity contribution in [3.05, 3.63) is 42.4 Å². The van der Waals surface area contributed by atoms with E-state index in [9.17, 15) is 4.79 Å². The van der Waals surface area contributed by atoms with Crippen LogP contribution < -0.4 is 5.32 Å². The Kier molecular flexibility index (Phi) is 4.71. The van der Waals surface area contributed by atoms with E-state index in [1.54, 1.807) is 23.1 Å². The summed E-state index contributed by atoms with van der Waals surface area (Å²) in [5.74, 6) is 1.30. The van der Waals surface area contributed by atoms with Crippen LogP contribution in [0.5, 0.6) is 0 Å². The van der Waals surface area contributed by atoms with Gasteiger partial charge in [-0.2, -0.15) is 5.10 Å². The topological polar surface area (TPSA) is 69.0 Å². The first-order chi connectivity index (χ1) is 11.1. The number of nitrogens with one attached hydrogen (secondary N) is 1. The summed E-state index contributed by atoms with van der Waals surface area (Å²) in [5.41, 5.74) is 0.401. The fourth-order valence-corrected chi connectivity index (χ4v) is 3.01. The third kappa shape index (κ3) is 3.59. The van der Waals surface area contributed by atoms with Crippen LogP contribution in [0.15, 0.2) is 36.7 Å². The lowest BCUT2D eigenvalue weighted by atomic mass is 9.93. The van der Waals surface area contributed by atoms with Gasteiger partial charge in [0.05, 0.1) is 6.10 Å². The monoisotopic (exact) mass is 314 g/mol. The zero-order valence-corrected chi connectivity index (χ0v) is 13.5. The molecular formula is C17H22N4O2. The molecule has 6 nitrogen and oxygen atoms in total. The van der Waals surface area contributed by atoms with Crippen LogP contribution >= 0.6 is 0 Å². The van der Waals surface area contributed by atoms with Crippen LogP contribution in [-0.2, 0) is 4.74 Å². The number of rotatable bonds is 5. The quantitative estimate of drug-likeness (QED) is 0.917. The fourth-order valence-electron chi connectivity index (χ4n) is 3.01. The highest BCUT2D eigenvalue weighted by atomic mass is 16.5. The molecule has 1 N–H and O–H groups in total. The number of nitrogens with zero attached hydrogens (tertiary/aromatic N) is 3. The van der Waals surface area contributed by atoms with Crippen LogP contribution in [0.4, 0.5) is 0 Å². The predicted molar refractivity (Wildman–Crippen MR) is 86.4 cm³/mol. The average molecular weight is 314 g/mol. The molecule has 2 atom stereocenters. The zero-order chi connectivity index (χ0) is 16.2. The van der Waals surface area contributed by atoms with Gasteiger partial charge in [-0.25, -0.2) is 9.67 Å². The van der Waals surface area contributed by atoms with E-state index in [0.29, 0.717) is 29.9 Å². The van der Waals surface area contributed by atoms with Crippen molar-refractivity contribution in [1.82, 2.24) is 20.1 Å². The molecule has 1 fully saturated rings. The lowest BCUT2D eigenvalue weighted by molar-refractivity contribution is 0.0533. The van der Waals surface area contributed by atoms with Gasteiger partial charge < -0.3 is 10.1 Å². The number of ether oxygens (including phenoxy) is 1. The molecule has 0 spiro atoms. The van der Waals surface area contributed by atoms with Crippen molar-refractivity contribution in [3.63, 3.8) is 0 Å². The maximum absolute atomic E-state index is 12.4. The van der Waals surface area contributed by atoms with Gasteiger partial charge >= 0.3 is 0 Å². The summed E-state index contributed by atoms with van der Waals surface area (Å²) in [5, 5.41) is 7.12. The van der Waals surface area contributed by atoms with Gasteiger partial charge in [-0.3, -0.25) is 4.79 Å². The maximum Gasteiger partial charge on any atom is 0.269 e. The third-order valence-electron chi connectivity index (χ3n) is 4.15. The van der Waals surface area contributed by atoms with Gasteiger partial charge in [0.15, 0.2) is 5.82 Å². The first kappa shape index (κ1) is 15.7. The van der Waals surface area contributed by atoms with Crippen molar-refractivity contribution in [2.45, 2.75) is 26.4 Å². The summed E-state index contributed by atoms with van der Waals surface area (Å²) in [7, 11) is 0. The molecule has 1 saturated heterocycles. The largest absolute Gasteiger partial charge is 0.378 e. The number of carbonyl (C=O) groups excluding carboxylic acids is 1. The van der Waals surface area contributed by atoms with Crippen molar-refractivity contribution in [1.29, 1.82) is 0 Å². The van der Waals surface area contributed by atoms with Gasteiger partial charge in [-0.1, -0.05) is 19.9 Å². The summed E-state index contributed by atoms with van der Waals surface area (Å²) >= 11 is 0. The smallest absolute Gasteiger partial charge is 0.269 e. The molecule has 0 radical (unpaired) electrons. The van der Waals surface area contributed by atoms with Crippen LogP contribution in [0.2, 0.25) is 0 Å². The second kappa shape index (κ2) is 6.91. The highest BCUT2D eigenvalue weighted by Gasteiger charge is 2.30. The van der Waals surface area contributed by atoms with Gasteiger partial charge in [0, 0.05) is 31.5 Å². The Bertz CT molecular complexity index is 654. The van der Waals surface area contributed by atoms with E-state index in [0.717, 1.165) is 13.0 Å². The van der Waals surface area contributed by atoms with Gasteiger partial charge in [-0.15, -0.1) is 0 Å². The van der Waals surface area contributed by atoms with Crippen LogP contribution in [-0.4, -0.2) is 39.9 Å². The predicted octanol–water partition coefficient (Wildman–Crippen LogP) is 2.06. The minimum atomic E-state index is -0.159. The molecule has 2 aromatic heterocycles. The van der Waals surface area contributed by atoms with Crippen molar-refractivity contribution >= 4 is 5.91 Å². The summed E-state index contributed by atoms with van der Waals surface area (Å²) in [6.07, 6.45) is 4.69. The van der Waals surface area contributed by atoms with Crippen molar-refractivity contribution in [2.24, 2.45) is 11.8 Å². The van der Waals surface area contributed by atoms with E-state index < -0.39 is 0 Å². The van der Waals surface area contributed by atoms with Crippen molar-refractivity contribution < 1.29 is 9.53 Å². The first-order valence-corrected chi connectivity index (χ1v) is 8.02. The van der Waals surface area contributed by atoms with E-state index in [4.69, 9.17) is 4.74 Å². The van der Waals surface area contributed by atoms with Gasteiger partial charge in [0.25, 0.3) is 5.91 Å². The lowest BCUT2D eigenvalue weighted by Crippen LogP contribution is -2.35. The second-order valence-corrected chi connectivity index (χ2v) is 6.17. The average Bonchev–Trinajstić information content (AvgIpc) is 3.24. The first-order valence-electron chi connectivity index (χ1n) is 8.02. The lowest BCUT2D eigenvalue weighted by Gasteiger charge is -2.22. The minimum Gasteiger partial charge on any atom is -0.378 e. The molecule has 122 valence electrons. The second-order valence-electron chi connectivity index (χ2n) is 6.17. The van der Waals surface area contributed by atoms with Gasteiger partial charge in [0.2, 0.25) is 0 Å². The number of pyridine rings is 1. The molecule has 3 rings (SSSR count). The van der Waals surface area contributed by atoms with Gasteiger partial charge in [-0.05, 0) is 30.5 Å². The molecule has 2 aromatic rings. The SMILES string of the molecule is CC(C)[C@H]1OCC[C@@H]1CNC(=O)c1cccc(-n2cccn2)n1. The normalized spacial score (nSPS) is 20.8. The van der Waals surface area contributed by atoms with E-state index in [2.05, 4.69) is 29.2 Å². The summed E-state index contributed by atoms with van der Waals surface area (Å²) in [6, 6.07) is 7.17. The molecule has 1 aliphatic heterocycles. The fraction of sp³-hybridized carbons (Fsp3) is 0.471. The zero-order valence-electron chi connectivity index (χ0n) is 13.5. The van der Waals surface area contributed by atoms with E-state index in [-0.39, 0.29) is 12.0 Å². The third-order valence-corrected chi connectivity index (χ3v) is 4.15. The molecule has 3 heterocycles. The maximum atomic E-state index is 12.4. The summed E-state index contributed by atoms with van der Waals surface area (Å²) in [6.45, 7) is 5.70. The Morgan fingerprint density at radius 1 is 1.43 bits per heavy atom. The molecule has 0 bridgehead atoms. The van der Waals surface area contributed by atoms with E-state index in [1.165, 1.54) is 0 Å². The Morgan fingerprint density at radius 3 is 3.04 bits per heavy atom. The molecule has 23 heavy (non-hydrogen) atoms. The summed E-state index contributed by atoms with van der Waals surface area (Å²) in [4.78, 5) is 16.7. The van der Waals surface area contributed by atoms with Crippen LogP contribution in [0.1, 0.15) is 30.8 Å². The molecule has 1 aliphatic rings. The number of amides is 1. The molecule has 0 unspecified atom stereocenters. The van der Waals surface area contributed by atoms with Crippen molar-refractivity contribution in [2.75, 3.05) is 13.2 Å². The standard InChI is InChI=1S/C17H22N4O2/c1-12(2)16-13(7-10-23-16)11-18-17(22)14-5-3-6-15(20-14)21-9-4-8-19-21/h3-6,8-9,12-13,16H,7,10-11H2,1-2H3,(H,18,22)/t13-,16-/m1/s1. The molecule has 0 aliphatic carbocycles. The Hall–Kier alpha value is -2.21. The number of carbonyl (C=O) groups is 1. The van der Waals surface area contributed by atoms with Gasteiger partial charge in [0.1, 0.15) is 5.69 Å². The Labute approximate surface area is 135 Å². The number of aromatic nitrogens is 3. The Morgan fingerprint density at radius 2 is 2.30 bits per heavy atom. The Balaban J connectivity index is 1.64. The molecule has 0 saturated carbocycles. The van der Waals surface area contributed by atoms with E-state index >= 15 is 0 Å². The summed E-state index contributed by atoms with van der Waals surface area (Å²) < 4.78 is 7.39. The molecule has 6 heteroatoms. The highest BCUT2D eigenvalue weighted by Crippen LogP contribution is 2.26. The van der Waals surface area contributed by atoms with Crippen molar-refractivity contribution in [3.8, 4) is 5.82 Å².